The molecule has 1 aromatic carbocycles. The molecule has 1 fully saturated rings. The average Bonchev–Trinajstić information content (AvgIpc) is 2.80. The minimum absolute atomic E-state index is 0.0800. The molecule has 1 aromatic rings. The molecule has 1 saturated heterocycles. The summed E-state index contributed by atoms with van der Waals surface area (Å²) in [6, 6.07) is 5.16. The highest BCUT2D eigenvalue weighted by Crippen LogP contribution is 2.34. The van der Waals surface area contributed by atoms with Crippen molar-refractivity contribution in [1.82, 2.24) is 4.90 Å². The van der Waals surface area contributed by atoms with Crippen molar-refractivity contribution in [1.29, 1.82) is 0 Å². The Balaban J connectivity index is 1.72. The number of rotatable bonds is 2. The number of hydrogen-bond donors (Lipinski definition) is 1. The lowest BCUT2D eigenvalue weighted by atomic mass is 9.82. The summed E-state index contributed by atoms with van der Waals surface area (Å²) in [4.78, 5) is 13.9. The molecule has 3 rings (SSSR count). The number of nitrogens with zero attached hydrogens (tertiary/aromatic N) is 1. The van der Waals surface area contributed by atoms with E-state index in [2.05, 4.69) is 0 Å². The van der Waals surface area contributed by atoms with Crippen LogP contribution in [0.25, 0.3) is 0 Å². The molecule has 5 heteroatoms. The zero-order valence-corrected chi connectivity index (χ0v) is 11.0. The van der Waals surface area contributed by atoms with E-state index in [1.165, 1.54) is 0 Å². The fraction of sp³-hybridized carbons (Fsp3) is 0.500. The molecule has 19 heavy (non-hydrogen) atoms. The van der Waals surface area contributed by atoms with E-state index in [4.69, 9.17) is 9.47 Å². The van der Waals surface area contributed by atoms with Gasteiger partial charge in [0, 0.05) is 5.56 Å². The Hall–Kier alpha value is -1.75. The van der Waals surface area contributed by atoms with Crippen molar-refractivity contribution in [2.45, 2.75) is 19.4 Å². The summed E-state index contributed by atoms with van der Waals surface area (Å²) in [6.07, 6.45) is 0. The maximum absolute atomic E-state index is 12.3. The topological polar surface area (TPSA) is 59.0 Å². The van der Waals surface area contributed by atoms with Crippen molar-refractivity contribution < 1.29 is 19.4 Å². The lowest BCUT2D eigenvalue weighted by Crippen LogP contribution is -2.65. The lowest BCUT2D eigenvalue weighted by molar-refractivity contribution is -0.110. The molecule has 0 unspecified atom stereocenters. The number of benzene rings is 1. The standard InChI is InChI=1S/C14H17NO4/c1-9(2)14(17)6-15(7-14)13(16)10-3-4-11-12(5-10)19-8-18-11/h3-5,9,17H,6-8H2,1-2H3. The molecule has 1 amide bonds. The number of β-amino-alcohol motifs (C(OH)–C–C–N with tert-alkyl or cyclic N) is 1. The molecule has 2 heterocycles. The van der Waals surface area contributed by atoms with Crippen molar-refractivity contribution in [3.05, 3.63) is 23.8 Å². The SMILES string of the molecule is CC(C)C1(O)CN(C(=O)c2ccc3c(c2)OCO3)C1. The second-order valence-corrected chi connectivity index (χ2v) is 5.49. The molecule has 0 bridgehead atoms. The predicted molar refractivity (Wildman–Crippen MR) is 68.3 cm³/mol. The molecule has 102 valence electrons. The lowest BCUT2D eigenvalue weighted by Gasteiger charge is -2.49. The molecule has 0 atom stereocenters. The van der Waals surface area contributed by atoms with E-state index in [0.29, 0.717) is 30.2 Å². The van der Waals surface area contributed by atoms with Crippen LogP contribution < -0.4 is 9.47 Å². The smallest absolute Gasteiger partial charge is 0.254 e. The van der Waals surface area contributed by atoms with E-state index in [-0.39, 0.29) is 18.6 Å². The van der Waals surface area contributed by atoms with E-state index in [1.807, 2.05) is 13.8 Å². The number of carbonyl (C=O) groups is 1. The monoisotopic (exact) mass is 263 g/mol. The van der Waals surface area contributed by atoms with Gasteiger partial charge >= 0.3 is 0 Å². The van der Waals surface area contributed by atoms with E-state index >= 15 is 0 Å². The molecule has 5 nitrogen and oxygen atoms in total. The van der Waals surface area contributed by atoms with Gasteiger partial charge < -0.3 is 19.5 Å². The van der Waals surface area contributed by atoms with Gasteiger partial charge in [-0.25, -0.2) is 0 Å². The van der Waals surface area contributed by atoms with Crippen LogP contribution in [0.5, 0.6) is 11.5 Å². The summed E-state index contributed by atoms with van der Waals surface area (Å²) in [7, 11) is 0. The van der Waals surface area contributed by atoms with Crippen molar-refractivity contribution in [2.24, 2.45) is 5.92 Å². The van der Waals surface area contributed by atoms with Gasteiger partial charge in [-0.15, -0.1) is 0 Å². The van der Waals surface area contributed by atoms with Crippen LogP contribution >= 0.6 is 0 Å². The number of amides is 1. The summed E-state index contributed by atoms with van der Waals surface area (Å²) in [5.74, 6) is 1.33. The van der Waals surface area contributed by atoms with Gasteiger partial charge in [0.2, 0.25) is 6.79 Å². The first-order valence-corrected chi connectivity index (χ1v) is 6.41. The maximum atomic E-state index is 12.3. The summed E-state index contributed by atoms with van der Waals surface area (Å²) >= 11 is 0. The van der Waals surface area contributed by atoms with Crippen molar-refractivity contribution in [2.75, 3.05) is 19.9 Å². The van der Waals surface area contributed by atoms with Crippen LogP contribution in [0.1, 0.15) is 24.2 Å². The van der Waals surface area contributed by atoms with Crippen molar-refractivity contribution in [3.8, 4) is 11.5 Å². The number of hydrogen-bond acceptors (Lipinski definition) is 4. The predicted octanol–water partition coefficient (Wildman–Crippen LogP) is 1.26. The first kappa shape index (κ1) is 12.3. The quantitative estimate of drug-likeness (QED) is 0.872. The third-order valence-corrected chi connectivity index (χ3v) is 3.91. The minimum Gasteiger partial charge on any atom is -0.454 e. The molecule has 0 aliphatic carbocycles. The second kappa shape index (κ2) is 4.13. The van der Waals surface area contributed by atoms with Crippen LogP contribution in [-0.2, 0) is 0 Å². The third-order valence-electron chi connectivity index (χ3n) is 3.91. The van der Waals surface area contributed by atoms with Gasteiger partial charge in [0.25, 0.3) is 5.91 Å². The molecular formula is C14H17NO4. The van der Waals surface area contributed by atoms with E-state index in [9.17, 15) is 9.90 Å². The van der Waals surface area contributed by atoms with Crippen LogP contribution in [0.4, 0.5) is 0 Å². The third kappa shape index (κ3) is 1.94. The van der Waals surface area contributed by atoms with Crippen molar-refractivity contribution in [3.63, 3.8) is 0 Å². The fourth-order valence-electron chi connectivity index (χ4n) is 2.34. The van der Waals surface area contributed by atoms with Crippen LogP contribution in [0.2, 0.25) is 0 Å². The summed E-state index contributed by atoms with van der Waals surface area (Å²) in [5.41, 5.74) is -0.179. The largest absolute Gasteiger partial charge is 0.454 e. The zero-order valence-electron chi connectivity index (χ0n) is 11.0. The second-order valence-electron chi connectivity index (χ2n) is 5.49. The molecule has 0 saturated carbocycles. The van der Waals surface area contributed by atoms with Crippen LogP contribution in [0.15, 0.2) is 18.2 Å². The Kier molecular flexibility index (Phi) is 2.67. The summed E-state index contributed by atoms with van der Waals surface area (Å²) < 4.78 is 10.5. The van der Waals surface area contributed by atoms with Gasteiger partial charge in [0.1, 0.15) is 5.60 Å². The Morgan fingerprint density at radius 3 is 2.68 bits per heavy atom. The highest BCUT2D eigenvalue weighted by Gasteiger charge is 2.46. The molecule has 2 aliphatic heterocycles. The molecule has 0 radical (unpaired) electrons. The molecular weight excluding hydrogens is 246 g/mol. The Morgan fingerprint density at radius 2 is 2.00 bits per heavy atom. The van der Waals surface area contributed by atoms with Crippen molar-refractivity contribution >= 4 is 5.91 Å². The molecule has 0 aromatic heterocycles. The van der Waals surface area contributed by atoms with E-state index in [1.54, 1.807) is 23.1 Å². The van der Waals surface area contributed by atoms with Gasteiger partial charge in [-0.05, 0) is 24.1 Å². The Morgan fingerprint density at radius 1 is 1.32 bits per heavy atom. The number of likely N-dealkylation sites (tertiary alicyclic amines) is 1. The number of ether oxygens (including phenoxy) is 2. The average molecular weight is 263 g/mol. The van der Waals surface area contributed by atoms with Gasteiger partial charge in [-0.2, -0.15) is 0 Å². The van der Waals surface area contributed by atoms with E-state index in [0.717, 1.165) is 0 Å². The highest BCUT2D eigenvalue weighted by atomic mass is 16.7. The maximum Gasteiger partial charge on any atom is 0.254 e. The van der Waals surface area contributed by atoms with Gasteiger partial charge in [-0.3, -0.25) is 4.79 Å². The zero-order chi connectivity index (χ0) is 13.6. The van der Waals surface area contributed by atoms with E-state index < -0.39 is 5.60 Å². The van der Waals surface area contributed by atoms with Crippen LogP contribution in [-0.4, -0.2) is 41.4 Å². The summed E-state index contributed by atoms with van der Waals surface area (Å²) in [5, 5.41) is 10.2. The normalized spacial score (nSPS) is 19.5. The highest BCUT2D eigenvalue weighted by molar-refractivity contribution is 5.95. The summed E-state index contributed by atoms with van der Waals surface area (Å²) in [6.45, 7) is 4.89. The Bertz CT molecular complexity index is 520. The number of carbonyl (C=O) groups excluding carboxylic acids is 1. The first-order valence-electron chi connectivity index (χ1n) is 6.41. The first-order chi connectivity index (χ1) is 8.99. The number of fused-ring (bicyclic) bond motifs is 1. The van der Waals surface area contributed by atoms with Crippen LogP contribution in [0, 0.1) is 5.92 Å². The van der Waals surface area contributed by atoms with Crippen LogP contribution in [0.3, 0.4) is 0 Å². The molecule has 0 spiro atoms. The fourth-order valence-corrected chi connectivity index (χ4v) is 2.34. The van der Waals surface area contributed by atoms with Gasteiger partial charge in [-0.1, -0.05) is 13.8 Å². The molecule has 2 aliphatic rings. The Labute approximate surface area is 111 Å². The van der Waals surface area contributed by atoms with Gasteiger partial charge in [0.05, 0.1) is 13.1 Å². The number of aliphatic hydroxyl groups is 1. The van der Waals surface area contributed by atoms with Gasteiger partial charge in [0.15, 0.2) is 11.5 Å². The minimum atomic E-state index is -0.744. The molecule has 1 N–H and O–H groups in total.